The van der Waals surface area contributed by atoms with Crippen LogP contribution < -0.4 is 10.5 Å². The van der Waals surface area contributed by atoms with Crippen molar-refractivity contribution in [1.82, 2.24) is 5.73 Å². The second-order valence-electron chi connectivity index (χ2n) is 8.11. The van der Waals surface area contributed by atoms with E-state index in [1.165, 1.54) is 11.1 Å². The molecule has 0 spiro atoms. The van der Waals surface area contributed by atoms with E-state index in [0.29, 0.717) is 0 Å². The standard InChI is InChI=1S/C21H36NO/c1-9-15(4)19(22)23-18-13-12-16(20(5,6)10-2)14-17(18)21(7,8)11-3/h12-15,19,22H,9-11H2,1-8H3. The largest absolute Gasteiger partial charge is 0.474 e. The van der Waals surface area contributed by atoms with Crippen LogP contribution in [0.5, 0.6) is 5.75 Å². The van der Waals surface area contributed by atoms with Gasteiger partial charge in [-0.25, -0.2) is 5.73 Å². The summed E-state index contributed by atoms with van der Waals surface area (Å²) >= 11 is 0. The molecule has 2 atom stereocenters. The van der Waals surface area contributed by atoms with Crippen LogP contribution in [-0.2, 0) is 10.8 Å². The molecule has 23 heavy (non-hydrogen) atoms. The van der Waals surface area contributed by atoms with Gasteiger partial charge in [0.15, 0.2) is 6.23 Å². The summed E-state index contributed by atoms with van der Waals surface area (Å²) in [5.74, 6) is 1.12. The maximum Gasteiger partial charge on any atom is 0.165 e. The Bertz CT molecular complexity index is 505. The first-order valence-corrected chi connectivity index (χ1v) is 9.11. The Labute approximate surface area is 143 Å². The van der Waals surface area contributed by atoms with Gasteiger partial charge in [-0.15, -0.1) is 0 Å². The topological polar surface area (TPSA) is 33.0 Å². The number of hydrogen-bond donors (Lipinski definition) is 0. The van der Waals surface area contributed by atoms with Crippen molar-refractivity contribution in [2.75, 3.05) is 0 Å². The average molecular weight is 319 g/mol. The Morgan fingerprint density at radius 1 is 1.00 bits per heavy atom. The minimum absolute atomic E-state index is 0.0460. The van der Waals surface area contributed by atoms with Gasteiger partial charge in [-0.2, -0.15) is 0 Å². The van der Waals surface area contributed by atoms with Crippen LogP contribution in [0.1, 0.15) is 85.8 Å². The summed E-state index contributed by atoms with van der Waals surface area (Å²) in [6.45, 7) is 17.7. The molecule has 131 valence electrons. The molecule has 0 aliphatic carbocycles. The lowest BCUT2D eigenvalue weighted by Crippen LogP contribution is -2.28. The van der Waals surface area contributed by atoms with Crippen molar-refractivity contribution in [2.45, 2.75) is 91.7 Å². The highest BCUT2D eigenvalue weighted by Crippen LogP contribution is 2.39. The van der Waals surface area contributed by atoms with E-state index in [4.69, 9.17) is 10.5 Å². The lowest BCUT2D eigenvalue weighted by molar-refractivity contribution is 0.136. The zero-order valence-corrected chi connectivity index (χ0v) is 16.4. The highest BCUT2D eigenvalue weighted by Gasteiger charge is 2.27. The molecule has 2 unspecified atom stereocenters. The molecule has 0 saturated heterocycles. The van der Waals surface area contributed by atoms with Crippen molar-refractivity contribution < 1.29 is 4.74 Å². The van der Waals surface area contributed by atoms with E-state index in [-0.39, 0.29) is 16.7 Å². The molecule has 0 saturated carbocycles. The molecule has 0 aliphatic heterocycles. The maximum atomic E-state index is 8.26. The summed E-state index contributed by atoms with van der Waals surface area (Å²) < 4.78 is 6.05. The summed E-state index contributed by atoms with van der Waals surface area (Å²) in [6.07, 6.45) is 2.61. The van der Waals surface area contributed by atoms with E-state index in [0.717, 1.165) is 25.0 Å². The number of hydrogen-bond acceptors (Lipinski definition) is 1. The van der Waals surface area contributed by atoms with Crippen LogP contribution in [-0.4, -0.2) is 6.23 Å². The van der Waals surface area contributed by atoms with Gasteiger partial charge in [-0.05, 0) is 41.7 Å². The minimum Gasteiger partial charge on any atom is -0.474 e. The molecule has 1 N–H and O–H groups in total. The van der Waals surface area contributed by atoms with Crippen LogP contribution in [0.3, 0.4) is 0 Å². The average Bonchev–Trinajstić information content (AvgIpc) is 2.53. The number of ether oxygens (including phenoxy) is 1. The Hall–Kier alpha value is -1.02. The molecule has 0 bridgehead atoms. The fraction of sp³-hybridized carbons (Fsp3) is 0.714. The molecule has 0 heterocycles. The van der Waals surface area contributed by atoms with E-state index in [1.54, 1.807) is 0 Å². The molecular formula is C21H36NO. The Morgan fingerprint density at radius 2 is 1.57 bits per heavy atom. The van der Waals surface area contributed by atoms with Crippen LogP contribution in [0, 0.1) is 5.92 Å². The van der Waals surface area contributed by atoms with Crippen LogP contribution in [0.15, 0.2) is 18.2 Å². The van der Waals surface area contributed by atoms with Gasteiger partial charge < -0.3 is 4.74 Å². The van der Waals surface area contributed by atoms with Gasteiger partial charge in [0.2, 0.25) is 0 Å². The van der Waals surface area contributed by atoms with Crippen LogP contribution in [0.25, 0.3) is 0 Å². The van der Waals surface area contributed by atoms with Gasteiger partial charge in [-0.1, -0.05) is 67.5 Å². The highest BCUT2D eigenvalue weighted by molar-refractivity contribution is 5.44. The van der Waals surface area contributed by atoms with Crippen molar-refractivity contribution in [3.63, 3.8) is 0 Å². The van der Waals surface area contributed by atoms with Gasteiger partial charge in [0.1, 0.15) is 5.75 Å². The molecule has 2 heteroatoms. The third kappa shape index (κ3) is 4.73. The Balaban J connectivity index is 3.30. The van der Waals surface area contributed by atoms with Crippen molar-refractivity contribution in [3.8, 4) is 5.75 Å². The number of rotatable bonds is 8. The van der Waals surface area contributed by atoms with E-state index in [9.17, 15) is 0 Å². The quantitative estimate of drug-likeness (QED) is 0.570. The van der Waals surface area contributed by atoms with Gasteiger partial charge >= 0.3 is 0 Å². The number of nitrogens with one attached hydrogen (secondary N) is 1. The molecule has 1 radical (unpaired) electrons. The molecule has 1 rings (SSSR count). The third-order valence-electron chi connectivity index (χ3n) is 5.67. The number of benzene rings is 1. The van der Waals surface area contributed by atoms with Crippen LogP contribution in [0.4, 0.5) is 0 Å². The molecule has 0 aliphatic rings. The SMILES string of the molecule is CCC(C)C([NH])Oc1ccc(C(C)(C)CC)cc1C(C)(C)CC. The molecule has 2 nitrogen and oxygen atoms in total. The second kappa shape index (κ2) is 7.70. The second-order valence-corrected chi connectivity index (χ2v) is 8.11. The Morgan fingerprint density at radius 3 is 2.04 bits per heavy atom. The van der Waals surface area contributed by atoms with Crippen molar-refractivity contribution in [2.24, 2.45) is 5.92 Å². The van der Waals surface area contributed by atoms with Gasteiger partial charge in [0, 0.05) is 11.5 Å². The summed E-state index contributed by atoms with van der Waals surface area (Å²) in [6, 6.07) is 6.58. The van der Waals surface area contributed by atoms with E-state index >= 15 is 0 Å². The first-order valence-electron chi connectivity index (χ1n) is 9.11. The Kier molecular flexibility index (Phi) is 6.70. The summed E-state index contributed by atoms with van der Waals surface area (Å²) in [5.41, 5.74) is 11.1. The fourth-order valence-electron chi connectivity index (χ4n) is 2.44. The molecule has 1 aromatic rings. The van der Waals surface area contributed by atoms with Crippen molar-refractivity contribution >= 4 is 0 Å². The predicted octanol–water partition coefficient (Wildman–Crippen LogP) is 6.10. The van der Waals surface area contributed by atoms with Gasteiger partial charge in [0.05, 0.1) is 0 Å². The molecule has 0 fully saturated rings. The first kappa shape index (κ1) is 20.0. The molecular weight excluding hydrogens is 282 g/mol. The smallest absolute Gasteiger partial charge is 0.165 e. The first-order chi connectivity index (χ1) is 10.6. The van der Waals surface area contributed by atoms with Gasteiger partial charge in [0.25, 0.3) is 0 Å². The molecule has 1 aromatic carbocycles. The van der Waals surface area contributed by atoms with Crippen molar-refractivity contribution in [3.05, 3.63) is 29.3 Å². The van der Waals surface area contributed by atoms with Crippen LogP contribution >= 0.6 is 0 Å². The zero-order chi connectivity index (χ0) is 17.8. The normalized spacial score (nSPS) is 15.3. The maximum absolute atomic E-state index is 8.26. The van der Waals surface area contributed by atoms with Crippen LogP contribution in [0.2, 0.25) is 0 Å². The summed E-state index contributed by atoms with van der Waals surface area (Å²) in [5, 5.41) is 0. The third-order valence-corrected chi connectivity index (χ3v) is 5.67. The predicted molar refractivity (Wildman–Crippen MR) is 100 cm³/mol. The van der Waals surface area contributed by atoms with E-state index in [2.05, 4.69) is 73.6 Å². The van der Waals surface area contributed by atoms with Gasteiger partial charge in [-0.3, -0.25) is 0 Å². The lowest BCUT2D eigenvalue weighted by Gasteiger charge is -2.31. The van der Waals surface area contributed by atoms with E-state index < -0.39 is 6.23 Å². The lowest BCUT2D eigenvalue weighted by atomic mass is 9.76. The fourth-order valence-corrected chi connectivity index (χ4v) is 2.44. The minimum atomic E-state index is -0.503. The van der Waals surface area contributed by atoms with E-state index in [1.807, 2.05) is 0 Å². The highest BCUT2D eigenvalue weighted by atomic mass is 16.5. The zero-order valence-electron chi connectivity index (χ0n) is 16.4. The molecule has 0 aromatic heterocycles. The monoisotopic (exact) mass is 318 g/mol. The van der Waals surface area contributed by atoms with Crippen molar-refractivity contribution in [1.29, 1.82) is 0 Å². The summed E-state index contributed by atoms with van der Waals surface area (Å²) in [4.78, 5) is 0. The molecule has 0 amide bonds. The summed E-state index contributed by atoms with van der Waals surface area (Å²) in [7, 11) is 0.